The first-order valence-electron chi connectivity index (χ1n) is 4.37. The van der Waals surface area contributed by atoms with Crippen LogP contribution in [0, 0.1) is 0 Å². The fourth-order valence-electron chi connectivity index (χ4n) is 1.08. The standard InChI is InChI=1S/C10H10Cl2O3/c1-2-15-10(14)4-6-3-8(12)9(13)5-7(6)11/h3,5,13H,2,4H2,1H3. The summed E-state index contributed by atoms with van der Waals surface area (Å²) in [6.45, 7) is 2.05. The van der Waals surface area contributed by atoms with E-state index in [1.165, 1.54) is 12.1 Å². The van der Waals surface area contributed by atoms with E-state index in [1.54, 1.807) is 6.92 Å². The Kier molecular flexibility index (Phi) is 4.24. The van der Waals surface area contributed by atoms with E-state index in [0.717, 1.165) is 0 Å². The lowest BCUT2D eigenvalue weighted by Gasteiger charge is -2.06. The molecule has 1 N–H and O–H groups in total. The Morgan fingerprint density at radius 2 is 2.07 bits per heavy atom. The Morgan fingerprint density at radius 1 is 1.40 bits per heavy atom. The normalized spacial score (nSPS) is 10.1. The second-order valence-electron chi connectivity index (χ2n) is 2.88. The van der Waals surface area contributed by atoms with E-state index in [1.807, 2.05) is 0 Å². The number of benzene rings is 1. The Morgan fingerprint density at radius 3 is 2.67 bits per heavy atom. The predicted octanol–water partition coefficient (Wildman–Crippen LogP) is 2.80. The van der Waals surface area contributed by atoms with Gasteiger partial charge in [0.2, 0.25) is 0 Å². The van der Waals surface area contributed by atoms with Crippen LogP contribution in [0.2, 0.25) is 10.0 Å². The summed E-state index contributed by atoms with van der Waals surface area (Å²) in [4.78, 5) is 11.2. The van der Waals surface area contributed by atoms with Gasteiger partial charge in [0.05, 0.1) is 18.1 Å². The fraction of sp³-hybridized carbons (Fsp3) is 0.300. The lowest BCUT2D eigenvalue weighted by molar-refractivity contribution is -0.142. The summed E-state index contributed by atoms with van der Waals surface area (Å²) < 4.78 is 4.77. The number of carbonyl (C=O) groups is 1. The molecule has 0 aliphatic rings. The minimum atomic E-state index is -0.374. The molecule has 0 fully saturated rings. The van der Waals surface area contributed by atoms with Crippen LogP contribution >= 0.6 is 23.2 Å². The summed E-state index contributed by atoms with van der Waals surface area (Å²) in [5.74, 6) is -0.476. The van der Waals surface area contributed by atoms with Gasteiger partial charge in [0.1, 0.15) is 5.75 Å². The summed E-state index contributed by atoms with van der Waals surface area (Å²) in [7, 11) is 0. The van der Waals surface area contributed by atoms with Gasteiger partial charge in [-0.2, -0.15) is 0 Å². The van der Waals surface area contributed by atoms with Crippen LogP contribution in [-0.2, 0) is 16.0 Å². The van der Waals surface area contributed by atoms with E-state index < -0.39 is 0 Å². The lowest BCUT2D eigenvalue weighted by Crippen LogP contribution is -2.07. The zero-order valence-corrected chi connectivity index (χ0v) is 9.60. The molecule has 0 radical (unpaired) electrons. The van der Waals surface area contributed by atoms with Gasteiger partial charge in [-0.15, -0.1) is 0 Å². The number of carbonyl (C=O) groups excluding carboxylic acids is 1. The van der Waals surface area contributed by atoms with E-state index in [0.29, 0.717) is 17.2 Å². The van der Waals surface area contributed by atoms with Gasteiger partial charge in [-0.1, -0.05) is 23.2 Å². The van der Waals surface area contributed by atoms with Crippen molar-refractivity contribution >= 4 is 29.2 Å². The lowest BCUT2D eigenvalue weighted by atomic mass is 10.1. The van der Waals surface area contributed by atoms with Crippen LogP contribution in [0.4, 0.5) is 0 Å². The quantitative estimate of drug-likeness (QED) is 0.838. The third-order valence-corrected chi connectivity index (χ3v) is 2.41. The second-order valence-corrected chi connectivity index (χ2v) is 3.69. The summed E-state index contributed by atoms with van der Waals surface area (Å²) in [6.07, 6.45) is 0.0483. The first kappa shape index (κ1) is 12.1. The topological polar surface area (TPSA) is 46.5 Å². The Labute approximate surface area is 97.6 Å². The minimum Gasteiger partial charge on any atom is -0.506 e. The van der Waals surface area contributed by atoms with Crippen molar-refractivity contribution < 1.29 is 14.6 Å². The maximum Gasteiger partial charge on any atom is 0.310 e. The molecule has 1 aromatic carbocycles. The number of aromatic hydroxyl groups is 1. The monoisotopic (exact) mass is 248 g/mol. The molecule has 1 aromatic rings. The zero-order chi connectivity index (χ0) is 11.4. The molecule has 3 nitrogen and oxygen atoms in total. The number of phenolic OH excluding ortho intramolecular Hbond substituents is 1. The maximum atomic E-state index is 11.2. The van der Waals surface area contributed by atoms with E-state index in [2.05, 4.69) is 0 Å². The molecule has 0 bridgehead atoms. The van der Waals surface area contributed by atoms with Crippen LogP contribution in [0.15, 0.2) is 12.1 Å². The van der Waals surface area contributed by atoms with E-state index in [9.17, 15) is 9.90 Å². The van der Waals surface area contributed by atoms with Gasteiger partial charge in [-0.25, -0.2) is 0 Å². The summed E-state index contributed by atoms with van der Waals surface area (Å²) in [6, 6.07) is 2.76. The molecule has 0 aliphatic heterocycles. The van der Waals surface area contributed by atoms with Crippen molar-refractivity contribution in [1.82, 2.24) is 0 Å². The summed E-state index contributed by atoms with van der Waals surface area (Å²) >= 11 is 11.5. The molecule has 0 heterocycles. The number of halogens is 2. The van der Waals surface area contributed by atoms with Gasteiger partial charge in [0, 0.05) is 11.1 Å². The van der Waals surface area contributed by atoms with Crippen LogP contribution in [0.25, 0.3) is 0 Å². The van der Waals surface area contributed by atoms with Crippen LogP contribution < -0.4 is 0 Å². The molecule has 1 rings (SSSR count). The SMILES string of the molecule is CCOC(=O)Cc1cc(Cl)c(O)cc1Cl. The van der Waals surface area contributed by atoms with Crippen molar-refractivity contribution in [3.05, 3.63) is 27.7 Å². The van der Waals surface area contributed by atoms with Gasteiger partial charge >= 0.3 is 5.97 Å². The van der Waals surface area contributed by atoms with E-state index in [4.69, 9.17) is 27.9 Å². The molecule has 0 unspecified atom stereocenters. The highest BCUT2D eigenvalue weighted by molar-refractivity contribution is 6.34. The van der Waals surface area contributed by atoms with Gasteiger partial charge < -0.3 is 9.84 Å². The second kappa shape index (κ2) is 5.24. The maximum absolute atomic E-state index is 11.2. The van der Waals surface area contributed by atoms with Crippen LogP contribution in [0.3, 0.4) is 0 Å². The third-order valence-electron chi connectivity index (χ3n) is 1.76. The van der Waals surface area contributed by atoms with E-state index in [-0.39, 0.29) is 23.2 Å². The molecule has 0 spiro atoms. The fourth-order valence-corrected chi connectivity index (χ4v) is 1.49. The number of esters is 1. The highest BCUT2D eigenvalue weighted by Crippen LogP contribution is 2.30. The first-order chi connectivity index (χ1) is 7.04. The number of phenols is 1. The molecular formula is C10H10Cl2O3. The van der Waals surface area contributed by atoms with Crippen molar-refractivity contribution in [1.29, 1.82) is 0 Å². The molecule has 15 heavy (non-hydrogen) atoms. The zero-order valence-electron chi connectivity index (χ0n) is 8.09. The molecule has 5 heteroatoms. The number of rotatable bonds is 3. The molecule has 82 valence electrons. The summed E-state index contributed by atoms with van der Waals surface area (Å²) in [5.41, 5.74) is 0.540. The summed E-state index contributed by atoms with van der Waals surface area (Å²) in [5, 5.41) is 9.69. The predicted molar refractivity (Wildman–Crippen MR) is 58.5 cm³/mol. The Balaban J connectivity index is 2.86. The largest absolute Gasteiger partial charge is 0.506 e. The molecule has 0 saturated carbocycles. The molecule has 0 amide bonds. The van der Waals surface area contributed by atoms with Gasteiger partial charge in [0.25, 0.3) is 0 Å². The van der Waals surface area contributed by atoms with Crippen molar-refractivity contribution in [3.63, 3.8) is 0 Å². The van der Waals surface area contributed by atoms with Crippen molar-refractivity contribution in [2.24, 2.45) is 0 Å². The molecule has 0 saturated heterocycles. The Hall–Kier alpha value is -0.930. The van der Waals surface area contributed by atoms with Crippen molar-refractivity contribution in [2.45, 2.75) is 13.3 Å². The Bertz CT molecular complexity index is 377. The third kappa shape index (κ3) is 3.29. The van der Waals surface area contributed by atoms with Crippen LogP contribution in [-0.4, -0.2) is 17.7 Å². The van der Waals surface area contributed by atoms with E-state index >= 15 is 0 Å². The average molecular weight is 249 g/mol. The molecule has 0 aliphatic carbocycles. The van der Waals surface area contributed by atoms with Gasteiger partial charge in [-0.05, 0) is 18.6 Å². The molecule has 0 aromatic heterocycles. The number of ether oxygens (including phenoxy) is 1. The molecule has 0 atom stereocenters. The van der Waals surface area contributed by atoms with Crippen molar-refractivity contribution in [3.8, 4) is 5.75 Å². The van der Waals surface area contributed by atoms with Crippen LogP contribution in [0.5, 0.6) is 5.75 Å². The van der Waals surface area contributed by atoms with Crippen molar-refractivity contribution in [2.75, 3.05) is 6.61 Å². The first-order valence-corrected chi connectivity index (χ1v) is 5.12. The van der Waals surface area contributed by atoms with Crippen LogP contribution in [0.1, 0.15) is 12.5 Å². The minimum absolute atomic E-state index is 0.0483. The number of hydrogen-bond acceptors (Lipinski definition) is 3. The smallest absolute Gasteiger partial charge is 0.310 e. The van der Waals surface area contributed by atoms with Gasteiger partial charge in [0.15, 0.2) is 0 Å². The highest BCUT2D eigenvalue weighted by atomic mass is 35.5. The highest BCUT2D eigenvalue weighted by Gasteiger charge is 2.10. The van der Waals surface area contributed by atoms with Gasteiger partial charge in [-0.3, -0.25) is 4.79 Å². The molecular weight excluding hydrogens is 239 g/mol. The average Bonchev–Trinajstić information content (AvgIpc) is 2.14. The number of hydrogen-bond donors (Lipinski definition) is 1.